The molecule has 0 radical (unpaired) electrons. The van der Waals surface area contributed by atoms with E-state index < -0.39 is 24.5 Å². The Bertz CT molecular complexity index is 388. The minimum atomic E-state index is -0.700. The molecule has 0 saturated carbocycles. The van der Waals surface area contributed by atoms with Crippen LogP contribution in [-0.2, 0) is 28.5 Å². The van der Waals surface area contributed by atoms with Crippen LogP contribution < -0.4 is 0 Å². The van der Waals surface area contributed by atoms with Crippen LogP contribution in [0.4, 0.5) is 0 Å². The van der Waals surface area contributed by atoms with Gasteiger partial charge in [-0.1, -0.05) is 29.0 Å². The third-order valence-electron chi connectivity index (χ3n) is 3.77. The molecule has 0 spiro atoms. The summed E-state index contributed by atoms with van der Waals surface area (Å²) >= 11 is 2.26. The zero-order chi connectivity index (χ0) is 15.4. The Morgan fingerprint density at radius 3 is 2.43 bits per heavy atom. The van der Waals surface area contributed by atoms with Gasteiger partial charge in [0.25, 0.3) is 0 Å². The van der Waals surface area contributed by atoms with E-state index in [4.69, 9.17) is 18.9 Å². The highest BCUT2D eigenvalue weighted by Crippen LogP contribution is 2.36. The molecule has 3 fully saturated rings. The van der Waals surface area contributed by atoms with Crippen LogP contribution in [0.1, 0.15) is 33.1 Å². The third-order valence-corrected chi connectivity index (χ3v) is 4.64. The van der Waals surface area contributed by atoms with Crippen molar-refractivity contribution in [3.8, 4) is 0 Å². The van der Waals surface area contributed by atoms with Crippen molar-refractivity contribution in [1.82, 2.24) is 0 Å². The molecule has 0 aliphatic carbocycles. The van der Waals surface area contributed by atoms with Gasteiger partial charge >= 0.3 is 11.9 Å². The van der Waals surface area contributed by atoms with Crippen LogP contribution in [0.3, 0.4) is 0 Å². The molecule has 0 aromatic rings. The van der Waals surface area contributed by atoms with Crippen LogP contribution in [0.5, 0.6) is 0 Å². The number of ether oxygens (including phenoxy) is 4. The minimum Gasteiger partial charge on any atom is -0.458 e. The molecular weight excluding hydrogens is 391 g/mol. The van der Waals surface area contributed by atoms with Crippen molar-refractivity contribution < 1.29 is 28.5 Å². The molecule has 7 heteroatoms. The lowest BCUT2D eigenvalue weighted by atomic mass is 9.85. The van der Waals surface area contributed by atoms with E-state index in [2.05, 4.69) is 22.6 Å². The second-order valence-corrected chi connectivity index (χ2v) is 6.26. The molecule has 2 bridgehead atoms. The Morgan fingerprint density at radius 1 is 1.14 bits per heavy atom. The quantitative estimate of drug-likeness (QED) is 0.400. The number of halogens is 1. The minimum absolute atomic E-state index is 0.0214. The summed E-state index contributed by atoms with van der Waals surface area (Å²) in [4.78, 5) is 22.8. The van der Waals surface area contributed by atoms with Gasteiger partial charge in [-0.25, -0.2) is 0 Å². The maximum absolute atomic E-state index is 11.5. The van der Waals surface area contributed by atoms with E-state index in [1.807, 2.05) is 0 Å². The zero-order valence-corrected chi connectivity index (χ0v) is 14.4. The first-order chi connectivity index (χ1) is 10.0. The maximum atomic E-state index is 11.5. The molecule has 0 amide bonds. The second-order valence-electron chi connectivity index (χ2n) is 5.38. The maximum Gasteiger partial charge on any atom is 0.303 e. The van der Waals surface area contributed by atoms with E-state index in [0.717, 1.165) is 23.7 Å². The molecule has 3 rings (SSSR count). The van der Waals surface area contributed by atoms with Gasteiger partial charge in [0.1, 0.15) is 6.10 Å². The number of alkyl halides is 1. The standard InChI is InChI=1S/C14H21IO6/c1-8(16)19-12-10-5-3-4-6-18-14(21-11(10)7-15)13(12)20-9(2)17/h10-14H,3-7H2,1-2H3. The van der Waals surface area contributed by atoms with Crippen molar-refractivity contribution in [2.24, 2.45) is 5.92 Å². The molecular formula is C14H21IO6. The topological polar surface area (TPSA) is 71.1 Å². The molecule has 3 aliphatic heterocycles. The molecule has 0 aromatic carbocycles. The lowest BCUT2D eigenvalue weighted by molar-refractivity contribution is -0.284. The number of carbonyl (C=O) groups is 2. The van der Waals surface area contributed by atoms with Crippen molar-refractivity contribution in [3.05, 3.63) is 0 Å². The molecule has 5 atom stereocenters. The summed E-state index contributed by atoms with van der Waals surface area (Å²) in [5.74, 6) is -0.789. The number of rotatable bonds is 3. The summed E-state index contributed by atoms with van der Waals surface area (Å²) < 4.78 is 23.3. The van der Waals surface area contributed by atoms with Gasteiger partial charge in [-0.15, -0.1) is 0 Å². The molecule has 0 aromatic heterocycles. The largest absolute Gasteiger partial charge is 0.458 e. The highest BCUT2D eigenvalue weighted by molar-refractivity contribution is 14.1. The number of hydrogen-bond donors (Lipinski definition) is 0. The van der Waals surface area contributed by atoms with Crippen molar-refractivity contribution >= 4 is 34.5 Å². The van der Waals surface area contributed by atoms with Gasteiger partial charge in [0.15, 0.2) is 12.4 Å². The first-order valence-corrected chi connectivity index (χ1v) is 8.73. The van der Waals surface area contributed by atoms with Crippen LogP contribution in [0.2, 0.25) is 0 Å². The zero-order valence-electron chi connectivity index (χ0n) is 12.2. The Balaban J connectivity index is 2.30. The summed E-state index contributed by atoms with van der Waals surface area (Å²) in [6, 6.07) is 0. The fraction of sp³-hybridized carbons (Fsp3) is 0.857. The number of esters is 2. The van der Waals surface area contributed by atoms with Gasteiger partial charge < -0.3 is 18.9 Å². The summed E-state index contributed by atoms with van der Waals surface area (Å²) in [5.41, 5.74) is 0. The normalized spacial score (nSPS) is 36.2. The Kier molecular flexibility index (Phi) is 6.24. The fourth-order valence-corrected chi connectivity index (χ4v) is 3.80. The van der Waals surface area contributed by atoms with E-state index in [9.17, 15) is 9.59 Å². The van der Waals surface area contributed by atoms with E-state index >= 15 is 0 Å². The Morgan fingerprint density at radius 2 is 1.81 bits per heavy atom. The van der Waals surface area contributed by atoms with Gasteiger partial charge in [0.2, 0.25) is 0 Å². The summed E-state index contributed by atoms with van der Waals surface area (Å²) in [6.45, 7) is 3.25. The van der Waals surface area contributed by atoms with Crippen molar-refractivity contribution in [2.45, 2.75) is 57.7 Å². The van der Waals surface area contributed by atoms with E-state index in [0.29, 0.717) is 6.61 Å². The van der Waals surface area contributed by atoms with Crippen LogP contribution in [0.15, 0.2) is 0 Å². The monoisotopic (exact) mass is 412 g/mol. The molecule has 21 heavy (non-hydrogen) atoms. The molecule has 120 valence electrons. The van der Waals surface area contributed by atoms with Crippen LogP contribution >= 0.6 is 22.6 Å². The van der Waals surface area contributed by atoms with Crippen LogP contribution in [0.25, 0.3) is 0 Å². The highest BCUT2D eigenvalue weighted by atomic mass is 127. The SMILES string of the molecule is CC(=O)OC1C2OCCCCC(C(CI)O2)C1OC(C)=O. The van der Waals surface area contributed by atoms with Crippen molar-refractivity contribution in [2.75, 3.05) is 11.0 Å². The Hall–Kier alpha value is -0.410. The van der Waals surface area contributed by atoms with Crippen molar-refractivity contribution in [3.63, 3.8) is 0 Å². The van der Waals surface area contributed by atoms with E-state index in [1.165, 1.54) is 13.8 Å². The lowest BCUT2D eigenvalue weighted by Crippen LogP contribution is -2.58. The number of hydrogen-bond acceptors (Lipinski definition) is 6. The van der Waals surface area contributed by atoms with Crippen molar-refractivity contribution in [1.29, 1.82) is 0 Å². The third kappa shape index (κ3) is 4.29. The molecule has 3 saturated heterocycles. The first kappa shape index (κ1) is 17.0. The number of carbonyl (C=O) groups excluding carboxylic acids is 2. The van der Waals surface area contributed by atoms with Gasteiger partial charge in [-0.2, -0.15) is 0 Å². The van der Waals surface area contributed by atoms with Gasteiger partial charge in [-0.3, -0.25) is 9.59 Å². The van der Waals surface area contributed by atoms with Gasteiger partial charge in [0.05, 0.1) is 6.10 Å². The summed E-state index contributed by atoms with van der Waals surface area (Å²) in [5, 5.41) is 0. The van der Waals surface area contributed by atoms with Crippen LogP contribution in [-0.4, -0.2) is 47.6 Å². The van der Waals surface area contributed by atoms with E-state index in [1.54, 1.807) is 0 Å². The van der Waals surface area contributed by atoms with Crippen LogP contribution in [0, 0.1) is 5.92 Å². The number of fused-ring (bicyclic) bond motifs is 6. The molecule has 6 nitrogen and oxygen atoms in total. The van der Waals surface area contributed by atoms with E-state index in [-0.39, 0.29) is 18.0 Å². The summed E-state index contributed by atoms with van der Waals surface area (Å²) in [6.07, 6.45) is 0.802. The predicted octanol–water partition coefficient (Wildman–Crippen LogP) is 1.83. The lowest BCUT2D eigenvalue weighted by Gasteiger charge is -2.44. The molecule has 0 N–H and O–H groups in total. The summed E-state index contributed by atoms with van der Waals surface area (Å²) in [7, 11) is 0. The molecule has 5 unspecified atom stereocenters. The smallest absolute Gasteiger partial charge is 0.303 e. The predicted molar refractivity (Wildman–Crippen MR) is 81.9 cm³/mol. The molecule has 3 aliphatic rings. The highest BCUT2D eigenvalue weighted by Gasteiger charge is 2.50. The second kappa shape index (κ2) is 7.73. The fourth-order valence-electron chi connectivity index (χ4n) is 2.94. The Labute approximate surface area is 138 Å². The average molecular weight is 412 g/mol. The molecule has 3 heterocycles. The average Bonchev–Trinajstić information content (AvgIpc) is 2.55. The first-order valence-electron chi connectivity index (χ1n) is 7.20. The van der Waals surface area contributed by atoms with Gasteiger partial charge in [-0.05, 0) is 12.8 Å². The van der Waals surface area contributed by atoms with Gasteiger partial charge in [0, 0.05) is 30.8 Å².